The lowest BCUT2D eigenvalue weighted by Gasteiger charge is -2.22. The monoisotopic (exact) mass is 588 g/mol. The van der Waals surface area contributed by atoms with Crippen LogP contribution in [0.15, 0.2) is 0 Å². The lowest BCUT2D eigenvalue weighted by Crippen LogP contribution is -2.47. The molecule has 0 spiro atoms. The Morgan fingerprint density at radius 1 is 0.659 bits per heavy atom. The average molecular weight is 589 g/mol. The Bertz CT molecular complexity index is 764. The molecule has 0 saturated carbocycles. The van der Waals surface area contributed by atoms with Gasteiger partial charge in [-0.2, -0.15) is 0 Å². The Kier molecular flexibility index (Phi) is 19.6. The molecule has 0 aromatic heterocycles. The van der Waals surface area contributed by atoms with E-state index in [9.17, 15) is 44.6 Å². The number of hydroxylamine groups is 4. The van der Waals surface area contributed by atoms with Crippen molar-refractivity contribution in [3.63, 3.8) is 0 Å². The van der Waals surface area contributed by atoms with Gasteiger partial charge in [0.2, 0.25) is 23.6 Å². The second kappa shape index (κ2) is 21.0. The van der Waals surface area contributed by atoms with Gasteiger partial charge in [0, 0.05) is 39.0 Å². The maximum Gasteiger partial charge on any atom is 0.336 e. The fourth-order valence-corrected chi connectivity index (χ4v) is 3.78. The van der Waals surface area contributed by atoms with E-state index in [0.29, 0.717) is 73.3 Å². The second-order valence-corrected chi connectivity index (χ2v) is 11.4. The molecular weight excluding hydrogens is 536 g/mol. The summed E-state index contributed by atoms with van der Waals surface area (Å²) < 4.78 is 0. The summed E-state index contributed by atoms with van der Waals surface area (Å²) in [6.45, 7) is 8.75. The van der Waals surface area contributed by atoms with Crippen molar-refractivity contribution in [3.8, 4) is 0 Å². The number of nitrogens with zero attached hydrogens (tertiary/aromatic N) is 2. The van der Waals surface area contributed by atoms with Gasteiger partial charge in [0.15, 0.2) is 5.60 Å². The summed E-state index contributed by atoms with van der Waals surface area (Å²) in [4.78, 5) is 59.6. The van der Waals surface area contributed by atoms with E-state index in [4.69, 9.17) is 0 Å². The minimum absolute atomic E-state index is 0.177. The number of aliphatic hydroxyl groups is 1. The molecule has 0 aliphatic rings. The van der Waals surface area contributed by atoms with Gasteiger partial charge in [-0.3, -0.25) is 29.6 Å². The number of amides is 4. The highest BCUT2D eigenvalue weighted by atomic mass is 16.5. The molecule has 0 heterocycles. The van der Waals surface area contributed by atoms with Crippen LogP contribution in [0, 0.1) is 11.8 Å². The molecule has 13 nitrogen and oxygen atoms in total. The fraction of sp³-hybridized carbons (Fsp3) is 0.821. The van der Waals surface area contributed by atoms with E-state index in [1.165, 1.54) is 0 Å². The summed E-state index contributed by atoms with van der Waals surface area (Å²) in [5, 5.41) is 45.8. The van der Waals surface area contributed by atoms with Crippen LogP contribution >= 0.6 is 0 Å². The van der Waals surface area contributed by atoms with Gasteiger partial charge in [0.1, 0.15) is 0 Å². The van der Waals surface area contributed by atoms with Crippen molar-refractivity contribution in [2.24, 2.45) is 11.8 Å². The molecule has 0 saturated heterocycles. The average Bonchev–Trinajstić information content (AvgIpc) is 2.88. The van der Waals surface area contributed by atoms with Crippen molar-refractivity contribution in [3.05, 3.63) is 0 Å². The maximum atomic E-state index is 12.2. The number of carboxylic acids is 1. The number of rotatable bonds is 23. The molecule has 41 heavy (non-hydrogen) atoms. The Morgan fingerprint density at radius 2 is 1.02 bits per heavy atom. The highest BCUT2D eigenvalue weighted by Crippen LogP contribution is 2.16. The van der Waals surface area contributed by atoms with Crippen LogP contribution < -0.4 is 10.6 Å². The molecule has 0 aromatic rings. The van der Waals surface area contributed by atoms with Crippen LogP contribution in [-0.4, -0.2) is 92.1 Å². The molecule has 6 N–H and O–H groups in total. The van der Waals surface area contributed by atoms with Crippen molar-refractivity contribution in [1.29, 1.82) is 0 Å². The lowest BCUT2D eigenvalue weighted by molar-refractivity contribution is -0.166. The zero-order valence-corrected chi connectivity index (χ0v) is 25.2. The first-order valence-electron chi connectivity index (χ1n) is 14.7. The third-order valence-corrected chi connectivity index (χ3v) is 6.49. The number of aliphatic carboxylic acids is 1. The highest BCUT2D eigenvalue weighted by Gasteiger charge is 2.40. The maximum absolute atomic E-state index is 12.2. The Hall–Kier alpha value is -2.77. The second-order valence-electron chi connectivity index (χ2n) is 11.4. The van der Waals surface area contributed by atoms with Crippen molar-refractivity contribution >= 4 is 29.6 Å². The summed E-state index contributed by atoms with van der Waals surface area (Å²) in [6, 6.07) is 0. The molecule has 0 aromatic carbocycles. The first kappa shape index (κ1) is 38.2. The molecule has 0 unspecified atom stereocenters. The predicted molar refractivity (Wildman–Crippen MR) is 151 cm³/mol. The molecule has 0 fully saturated rings. The molecule has 238 valence electrons. The zero-order chi connectivity index (χ0) is 31.4. The fourth-order valence-electron chi connectivity index (χ4n) is 3.78. The van der Waals surface area contributed by atoms with Crippen LogP contribution in [0.3, 0.4) is 0 Å². The van der Waals surface area contributed by atoms with Crippen LogP contribution in [0.4, 0.5) is 0 Å². The number of hydrogen-bond acceptors (Lipinski definition) is 8. The largest absolute Gasteiger partial charge is 0.479 e. The van der Waals surface area contributed by atoms with Crippen LogP contribution in [0.2, 0.25) is 0 Å². The lowest BCUT2D eigenvalue weighted by atomic mass is 9.94. The van der Waals surface area contributed by atoms with Gasteiger partial charge in [0.25, 0.3) is 0 Å². The van der Waals surface area contributed by atoms with Gasteiger partial charge in [-0.15, -0.1) is 0 Å². The number of nitrogens with one attached hydrogen (secondary N) is 2. The predicted octanol–water partition coefficient (Wildman–Crippen LogP) is 2.46. The van der Waals surface area contributed by atoms with Crippen LogP contribution in [0.5, 0.6) is 0 Å². The van der Waals surface area contributed by atoms with Gasteiger partial charge in [-0.25, -0.2) is 14.9 Å². The molecule has 0 radical (unpaired) electrons. The molecule has 13 heteroatoms. The molecule has 0 atom stereocenters. The molecule has 0 rings (SSSR count). The van der Waals surface area contributed by atoms with Gasteiger partial charge >= 0.3 is 5.97 Å². The first-order valence-corrected chi connectivity index (χ1v) is 14.7. The normalized spacial score (nSPS) is 11.4. The minimum atomic E-state index is -2.56. The van der Waals surface area contributed by atoms with E-state index in [-0.39, 0.29) is 50.8 Å². The quantitative estimate of drug-likeness (QED) is 0.0590. The Balaban J connectivity index is 4.21. The molecule has 0 aliphatic carbocycles. The minimum Gasteiger partial charge on any atom is -0.479 e. The summed E-state index contributed by atoms with van der Waals surface area (Å²) in [5.74, 6) is -3.05. The topological polar surface area (TPSA) is 197 Å². The number of carboxylic acid groups (broad SMARTS) is 1. The smallest absolute Gasteiger partial charge is 0.336 e. The van der Waals surface area contributed by atoms with Gasteiger partial charge < -0.3 is 20.8 Å². The molecule has 0 bridgehead atoms. The van der Waals surface area contributed by atoms with E-state index >= 15 is 0 Å². The van der Waals surface area contributed by atoms with Crippen molar-refractivity contribution < 1.29 is 44.6 Å². The van der Waals surface area contributed by atoms with E-state index in [2.05, 4.69) is 10.6 Å². The molecular formula is C28H52N4O9. The van der Waals surface area contributed by atoms with Crippen LogP contribution in [0.25, 0.3) is 0 Å². The van der Waals surface area contributed by atoms with E-state index in [0.717, 1.165) is 0 Å². The Labute approximate surface area is 243 Å². The standard InChI is InChI=1S/C28H52N4O9/c1-21(2)11-13-25(35)31(40)17-9-5-7-15-29-23(33)19-28(39,27(37)38)20-24(34)30-16-8-6-10-18-32(41)26(36)14-12-22(3)4/h21-22,39-41H,5-20H2,1-4H3,(H,29,33)(H,30,34)(H,37,38). The van der Waals surface area contributed by atoms with E-state index in [1.54, 1.807) is 0 Å². The van der Waals surface area contributed by atoms with Crippen molar-refractivity contribution in [2.45, 2.75) is 110 Å². The van der Waals surface area contributed by atoms with Crippen LogP contribution in [-0.2, 0) is 24.0 Å². The third kappa shape index (κ3) is 19.1. The highest BCUT2D eigenvalue weighted by molar-refractivity contribution is 5.91. The van der Waals surface area contributed by atoms with E-state index < -0.39 is 36.2 Å². The SMILES string of the molecule is CC(C)CCC(=O)N(O)CCCCCNC(=O)CC(O)(CC(=O)NCCCCCN(O)C(=O)CCC(C)C)C(=O)O. The summed E-state index contributed by atoms with van der Waals surface area (Å²) in [7, 11) is 0. The number of carbonyl (C=O) groups excluding carboxylic acids is 4. The number of unbranched alkanes of at least 4 members (excludes halogenated alkanes) is 4. The van der Waals surface area contributed by atoms with Gasteiger partial charge in [0.05, 0.1) is 12.8 Å². The Morgan fingerprint density at radius 3 is 1.34 bits per heavy atom. The van der Waals surface area contributed by atoms with Gasteiger partial charge in [-0.05, 0) is 63.2 Å². The van der Waals surface area contributed by atoms with Crippen molar-refractivity contribution in [2.75, 3.05) is 26.2 Å². The van der Waals surface area contributed by atoms with Crippen molar-refractivity contribution in [1.82, 2.24) is 20.8 Å². The summed E-state index contributed by atoms with van der Waals surface area (Å²) in [5.41, 5.74) is -2.56. The van der Waals surface area contributed by atoms with Crippen LogP contribution in [0.1, 0.15) is 105 Å². The van der Waals surface area contributed by atoms with Gasteiger partial charge in [-0.1, -0.05) is 27.7 Å². The summed E-state index contributed by atoms with van der Waals surface area (Å²) >= 11 is 0. The third-order valence-electron chi connectivity index (χ3n) is 6.49. The zero-order valence-electron chi connectivity index (χ0n) is 25.2. The first-order chi connectivity index (χ1) is 19.2. The summed E-state index contributed by atoms with van der Waals surface area (Å²) in [6.07, 6.45) is 3.65. The van der Waals surface area contributed by atoms with E-state index in [1.807, 2.05) is 27.7 Å². The number of carbonyl (C=O) groups is 5. The molecule has 4 amide bonds. The molecule has 0 aliphatic heterocycles. The number of hydrogen-bond donors (Lipinski definition) is 6.